The largest absolute Gasteiger partial charge is 0.492 e. The average Bonchev–Trinajstić information content (AvgIpc) is 2.82. The number of carboxylic acid groups (broad SMARTS) is 1. The Bertz CT molecular complexity index is 1010. The summed E-state index contributed by atoms with van der Waals surface area (Å²) < 4.78 is 50.4. The zero-order chi connectivity index (χ0) is 24.3. The molecule has 0 radical (unpaired) electrons. The number of halogens is 3. The van der Waals surface area contributed by atoms with Gasteiger partial charge < -0.3 is 19.5 Å². The lowest BCUT2D eigenvalue weighted by Gasteiger charge is -2.34. The molecular formula is C24H28F3N3O4. The Hall–Kier alpha value is -2.88. The van der Waals surface area contributed by atoms with Crippen LogP contribution >= 0.6 is 0 Å². The van der Waals surface area contributed by atoms with E-state index in [1.807, 2.05) is 6.07 Å². The van der Waals surface area contributed by atoms with Crippen LogP contribution in [0.15, 0.2) is 30.7 Å². The van der Waals surface area contributed by atoms with Crippen LogP contribution in [0.3, 0.4) is 0 Å². The summed E-state index contributed by atoms with van der Waals surface area (Å²) in [7, 11) is 0. The number of anilines is 1. The third-order valence-electron chi connectivity index (χ3n) is 6.60. The molecule has 0 aromatic carbocycles. The van der Waals surface area contributed by atoms with Gasteiger partial charge in [-0.3, -0.25) is 4.98 Å². The van der Waals surface area contributed by atoms with Crippen molar-refractivity contribution in [1.82, 2.24) is 9.97 Å². The zero-order valence-electron chi connectivity index (χ0n) is 18.9. The van der Waals surface area contributed by atoms with Gasteiger partial charge in [-0.1, -0.05) is 0 Å². The maximum atomic E-state index is 12.9. The van der Waals surface area contributed by atoms with Gasteiger partial charge >= 0.3 is 12.1 Å². The molecular weight excluding hydrogens is 451 g/mol. The van der Waals surface area contributed by atoms with Crippen LogP contribution in [-0.4, -0.2) is 53.5 Å². The lowest BCUT2D eigenvalue weighted by atomic mass is 9.82. The van der Waals surface area contributed by atoms with E-state index in [0.717, 1.165) is 11.3 Å². The van der Waals surface area contributed by atoms with Crippen LogP contribution in [0.1, 0.15) is 53.4 Å². The van der Waals surface area contributed by atoms with E-state index in [2.05, 4.69) is 14.9 Å². The van der Waals surface area contributed by atoms with E-state index in [4.69, 9.17) is 9.47 Å². The maximum absolute atomic E-state index is 12.9. The Morgan fingerprint density at radius 2 is 1.97 bits per heavy atom. The molecule has 1 aliphatic carbocycles. The lowest BCUT2D eigenvalue weighted by molar-refractivity contribution is -0.184. The number of morpholine rings is 1. The first kappa shape index (κ1) is 24.3. The predicted octanol–water partition coefficient (Wildman–Crippen LogP) is 4.81. The number of hydrogen-bond donors (Lipinski definition) is 1. The van der Waals surface area contributed by atoms with Gasteiger partial charge in [0.25, 0.3) is 0 Å². The van der Waals surface area contributed by atoms with Crippen molar-refractivity contribution in [3.8, 4) is 5.75 Å². The summed E-state index contributed by atoms with van der Waals surface area (Å²) in [6.07, 6.45) is 1.85. The van der Waals surface area contributed by atoms with E-state index in [9.17, 15) is 23.1 Å². The number of aryl methyl sites for hydroxylation is 1. The Morgan fingerprint density at radius 1 is 1.21 bits per heavy atom. The number of aromatic carboxylic acids is 1. The van der Waals surface area contributed by atoms with Crippen molar-refractivity contribution in [3.63, 3.8) is 0 Å². The van der Waals surface area contributed by atoms with Crippen LogP contribution in [0, 0.1) is 18.8 Å². The number of alkyl halides is 3. The van der Waals surface area contributed by atoms with Crippen molar-refractivity contribution >= 4 is 11.7 Å². The van der Waals surface area contributed by atoms with Gasteiger partial charge in [-0.15, -0.1) is 0 Å². The quantitative estimate of drug-likeness (QED) is 0.637. The summed E-state index contributed by atoms with van der Waals surface area (Å²) >= 11 is 0. The number of pyridine rings is 2. The molecule has 0 bridgehead atoms. The molecule has 10 heteroatoms. The first-order valence-electron chi connectivity index (χ1n) is 11.4. The van der Waals surface area contributed by atoms with Gasteiger partial charge in [0.2, 0.25) is 0 Å². The summed E-state index contributed by atoms with van der Waals surface area (Å²) in [4.78, 5) is 21.7. The van der Waals surface area contributed by atoms with E-state index in [1.54, 1.807) is 25.4 Å². The number of hydrogen-bond acceptors (Lipinski definition) is 6. The smallest absolute Gasteiger partial charge is 0.391 e. The predicted molar refractivity (Wildman–Crippen MR) is 118 cm³/mol. The average molecular weight is 479 g/mol. The minimum atomic E-state index is -4.10. The number of nitrogens with zero attached hydrogens (tertiary/aromatic N) is 3. The molecule has 7 nitrogen and oxygen atoms in total. The standard InChI is InChI=1S/C24H28F3N3O4/c1-15-8-17(10-29-22(15)23(31)32)21-13-30(6-7-33-21)19-9-20(12-28-11-19)34-14-16-2-4-18(5-3-16)24(25,26)27/h8-12,16,18,21H,2-7,13-14H2,1H3,(H,31,32)/t16-,18-,21?. The van der Waals surface area contributed by atoms with Gasteiger partial charge in [0, 0.05) is 30.9 Å². The van der Waals surface area contributed by atoms with Crippen LogP contribution < -0.4 is 9.64 Å². The minimum absolute atomic E-state index is 0.0253. The van der Waals surface area contributed by atoms with Crippen LogP contribution in [0.4, 0.5) is 18.9 Å². The molecule has 184 valence electrons. The molecule has 1 aliphatic heterocycles. The first-order valence-corrected chi connectivity index (χ1v) is 11.4. The molecule has 1 saturated carbocycles. The number of aromatic nitrogens is 2. The molecule has 34 heavy (non-hydrogen) atoms. The topological polar surface area (TPSA) is 84.8 Å². The highest BCUT2D eigenvalue weighted by Crippen LogP contribution is 2.39. The molecule has 4 rings (SSSR count). The van der Waals surface area contributed by atoms with Crippen molar-refractivity contribution in [1.29, 1.82) is 0 Å². The number of carboxylic acids is 1. The number of ether oxygens (including phenoxy) is 2. The van der Waals surface area contributed by atoms with Crippen molar-refractivity contribution < 1.29 is 32.5 Å². The summed E-state index contributed by atoms with van der Waals surface area (Å²) in [5.74, 6) is -1.56. The maximum Gasteiger partial charge on any atom is 0.391 e. The third kappa shape index (κ3) is 5.78. The summed E-state index contributed by atoms with van der Waals surface area (Å²) in [6, 6.07) is 3.67. The molecule has 2 fully saturated rings. The monoisotopic (exact) mass is 479 g/mol. The van der Waals surface area contributed by atoms with Gasteiger partial charge in [-0.05, 0) is 50.2 Å². The van der Waals surface area contributed by atoms with E-state index in [1.165, 1.54) is 6.20 Å². The molecule has 1 N–H and O–H groups in total. The highest BCUT2D eigenvalue weighted by Gasteiger charge is 2.41. The highest BCUT2D eigenvalue weighted by molar-refractivity contribution is 5.86. The first-order chi connectivity index (χ1) is 16.2. The fourth-order valence-corrected chi connectivity index (χ4v) is 4.61. The molecule has 0 amide bonds. The number of carbonyl (C=O) groups is 1. The SMILES string of the molecule is Cc1cc(C2CN(c3cncc(OC[C@H]4CC[C@H](C(F)(F)F)CC4)c3)CCO2)cnc1C(=O)O. The van der Waals surface area contributed by atoms with E-state index in [0.29, 0.717) is 50.5 Å². The van der Waals surface area contributed by atoms with E-state index < -0.39 is 18.1 Å². The second kappa shape index (κ2) is 10.2. The molecule has 2 aromatic rings. The summed E-state index contributed by atoms with van der Waals surface area (Å²) in [6.45, 7) is 3.77. The lowest BCUT2D eigenvalue weighted by Crippen LogP contribution is -2.38. The Labute approximate surface area is 195 Å². The molecule has 1 saturated heterocycles. The van der Waals surface area contributed by atoms with Gasteiger partial charge in [0.15, 0.2) is 5.69 Å². The molecule has 3 heterocycles. The van der Waals surface area contributed by atoms with Gasteiger partial charge in [-0.25, -0.2) is 9.78 Å². The molecule has 1 atom stereocenters. The Balaban J connectivity index is 1.35. The van der Waals surface area contributed by atoms with E-state index in [-0.39, 0.29) is 30.6 Å². The van der Waals surface area contributed by atoms with Gasteiger partial charge in [0.1, 0.15) is 11.9 Å². The number of rotatable bonds is 6. The van der Waals surface area contributed by atoms with Crippen LogP contribution in [0.5, 0.6) is 5.75 Å². The van der Waals surface area contributed by atoms with Crippen LogP contribution in [-0.2, 0) is 4.74 Å². The van der Waals surface area contributed by atoms with Crippen LogP contribution in [0.25, 0.3) is 0 Å². The van der Waals surface area contributed by atoms with Crippen molar-refractivity contribution in [2.45, 2.75) is 44.9 Å². The van der Waals surface area contributed by atoms with Crippen molar-refractivity contribution in [3.05, 3.63) is 47.5 Å². The molecule has 2 aromatic heterocycles. The van der Waals surface area contributed by atoms with Gasteiger partial charge in [-0.2, -0.15) is 13.2 Å². The Kier molecular flexibility index (Phi) is 7.25. The normalized spacial score (nSPS) is 23.5. The fraction of sp³-hybridized carbons (Fsp3) is 0.542. The second-order valence-electron chi connectivity index (χ2n) is 8.99. The van der Waals surface area contributed by atoms with Crippen molar-refractivity contribution in [2.75, 3.05) is 31.2 Å². The van der Waals surface area contributed by atoms with Gasteiger partial charge in [0.05, 0.1) is 37.2 Å². The van der Waals surface area contributed by atoms with Crippen molar-refractivity contribution in [2.24, 2.45) is 11.8 Å². The fourth-order valence-electron chi connectivity index (χ4n) is 4.61. The summed E-state index contributed by atoms with van der Waals surface area (Å²) in [5, 5.41) is 9.19. The second-order valence-corrected chi connectivity index (χ2v) is 8.99. The molecule has 0 spiro atoms. The van der Waals surface area contributed by atoms with Crippen LogP contribution in [0.2, 0.25) is 0 Å². The molecule has 1 unspecified atom stereocenters. The highest BCUT2D eigenvalue weighted by atomic mass is 19.4. The third-order valence-corrected chi connectivity index (χ3v) is 6.60. The zero-order valence-corrected chi connectivity index (χ0v) is 18.9. The van der Waals surface area contributed by atoms with E-state index >= 15 is 0 Å². The molecule has 2 aliphatic rings. The minimum Gasteiger partial charge on any atom is -0.492 e. The Morgan fingerprint density at radius 3 is 2.65 bits per heavy atom. The summed E-state index contributed by atoms with van der Waals surface area (Å²) in [5.41, 5.74) is 2.27.